The normalized spacial score (nSPS) is 10.3. The predicted octanol–water partition coefficient (Wildman–Crippen LogP) is 3.13. The number of aromatic nitrogens is 1. The highest BCUT2D eigenvalue weighted by Crippen LogP contribution is 2.21. The Labute approximate surface area is 118 Å². The highest BCUT2D eigenvalue weighted by atomic mass is 79.9. The number of nitrogens with two attached hydrogens (primary N) is 1. The largest absolute Gasteiger partial charge is 0.381 e. The third-order valence-corrected chi connectivity index (χ3v) is 3.09. The van der Waals surface area contributed by atoms with Crippen LogP contribution in [0.1, 0.15) is 15.9 Å². The highest BCUT2D eigenvalue weighted by Gasteiger charge is 2.15. The molecule has 0 radical (unpaired) electrons. The van der Waals surface area contributed by atoms with Crippen LogP contribution in [-0.2, 0) is 0 Å². The number of carbonyl (C=O) groups is 1. The summed E-state index contributed by atoms with van der Waals surface area (Å²) in [6.45, 7) is 1.84. The maximum Gasteiger partial charge on any atom is 0.258 e. The minimum Gasteiger partial charge on any atom is -0.381 e. The number of aryl methyl sites for hydroxylation is 1. The summed E-state index contributed by atoms with van der Waals surface area (Å²) >= 11 is 3.33. The van der Waals surface area contributed by atoms with Crippen LogP contribution in [0, 0.1) is 12.7 Å². The SMILES string of the molecule is Cc1cc(Br)ccc1NC(=O)c1ccnc(N)c1F. The number of carbonyl (C=O) groups excluding carboxylic acids is 1. The van der Waals surface area contributed by atoms with E-state index in [-0.39, 0.29) is 11.4 Å². The van der Waals surface area contributed by atoms with Gasteiger partial charge in [0.05, 0.1) is 5.56 Å². The van der Waals surface area contributed by atoms with Crippen LogP contribution in [0.5, 0.6) is 0 Å². The maximum atomic E-state index is 13.7. The summed E-state index contributed by atoms with van der Waals surface area (Å²) in [4.78, 5) is 15.6. The second kappa shape index (κ2) is 5.36. The van der Waals surface area contributed by atoms with Crippen LogP contribution in [0.2, 0.25) is 0 Å². The first-order valence-corrected chi connectivity index (χ1v) is 6.26. The lowest BCUT2D eigenvalue weighted by Crippen LogP contribution is -2.15. The van der Waals surface area contributed by atoms with Gasteiger partial charge in [-0.15, -0.1) is 0 Å². The Morgan fingerprint density at radius 3 is 2.84 bits per heavy atom. The Morgan fingerprint density at radius 1 is 1.42 bits per heavy atom. The van der Waals surface area contributed by atoms with Crippen LogP contribution < -0.4 is 11.1 Å². The Bertz CT molecular complexity index is 646. The molecule has 0 saturated carbocycles. The van der Waals surface area contributed by atoms with E-state index in [1.807, 2.05) is 13.0 Å². The third-order valence-electron chi connectivity index (χ3n) is 2.60. The molecule has 0 aliphatic rings. The number of halogens is 2. The van der Waals surface area contributed by atoms with Crippen LogP contribution in [0.4, 0.5) is 15.9 Å². The van der Waals surface area contributed by atoms with Crippen molar-refractivity contribution < 1.29 is 9.18 Å². The number of benzene rings is 1. The van der Waals surface area contributed by atoms with Crippen LogP contribution in [0.15, 0.2) is 34.9 Å². The molecule has 3 N–H and O–H groups in total. The summed E-state index contributed by atoms with van der Waals surface area (Å²) in [5.74, 6) is -1.66. The van der Waals surface area contributed by atoms with Gasteiger partial charge in [0.15, 0.2) is 11.6 Å². The molecule has 98 valence electrons. The first kappa shape index (κ1) is 13.5. The molecule has 6 heteroatoms. The number of pyridine rings is 1. The predicted molar refractivity (Wildman–Crippen MR) is 75.4 cm³/mol. The van der Waals surface area contributed by atoms with Crippen molar-refractivity contribution in [1.82, 2.24) is 4.98 Å². The maximum absolute atomic E-state index is 13.7. The van der Waals surface area contributed by atoms with E-state index < -0.39 is 11.7 Å². The number of amides is 1. The van der Waals surface area contributed by atoms with Crippen molar-refractivity contribution in [2.24, 2.45) is 0 Å². The van der Waals surface area contributed by atoms with Gasteiger partial charge >= 0.3 is 0 Å². The molecule has 1 amide bonds. The Hall–Kier alpha value is -1.95. The molecule has 0 fully saturated rings. The molecule has 2 rings (SSSR count). The highest BCUT2D eigenvalue weighted by molar-refractivity contribution is 9.10. The number of hydrogen-bond donors (Lipinski definition) is 2. The van der Waals surface area contributed by atoms with Crippen molar-refractivity contribution in [3.05, 3.63) is 51.9 Å². The van der Waals surface area contributed by atoms with Gasteiger partial charge in [0, 0.05) is 16.4 Å². The smallest absolute Gasteiger partial charge is 0.258 e. The average Bonchev–Trinajstić information content (AvgIpc) is 2.36. The molecule has 1 aromatic carbocycles. The van der Waals surface area contributed by atoms with Crippen LogP contribution in [0.3, 0.4) is 0 Å². The van der Waals surface area contributed by atoms with Crippen LogP contribution >= 0.6 is 15.9 Å². The molecule has 0 saturated heterocycles. The molecule has 19 heavy (non-hydrogen) atoms. The number of nitrogens with zero attached hydrogens (tertiary/aromatic N) is 1. The van der Waals surface area contributed by atoms with Gasteiger partial charge in [-0.3, -0.25) is 4.79 Å². The van der Waals surface area contributed by atoms with E-state index in [0.717, 1.165) is 10.0 Å². The molecule has 1 aromatic heterocycles. The van der Waals surface area contributed by atoms with Crippen molar-refractivity contribution in [2.75, 3.05) is 11.1 Å². The lowest BCUT2D eigenvalue weighted by atomic mass is 10.2. The number of nitrogen functional groups attached to an aromatic ring is 1. The van der Waals surface area contributed by atoms with Gasteiger partial charge in [-0.2, -0.15) is 0 Å². The zero-order valence-electron chi connectivity index (χ0n) is 10.1. The standard InChI is InChI=1S/C13H11BrFN3O/c1-7-6-8(14)2-3-10(7)18-13(19)9-4-5-17-12(16)11(9)15/h2-6H,1H3,(H2,16,17)(H,18,19). The summed E-state index contributed by atoms with van der Waals surface area (Å²) in [5, 5.41) is 2.64. The van der Waals surface area contributed by atoms with Crippen molar-refractivity contribution in [1.29, 1.82) is 0 Å². The lowest BCUT2D eigenvalue weighted by molar-refractivity contribution is 0.102. The van der Waals surface area contributed by atoms with Gasteiger partial charge in [-0.05, 0) is 36.8 Å². The van der Waals surface area contributed by atoms with Crippen molar-refractivity contribution >= 4 is 33.3 Å². The van der Waals surface area contributed by atoms with E-state index in [2.05, 4.69) is 26.2 Å². The van der Waals surface area contributed by atoms with E-state index in [9.17, 15) is 9.18 Å². The summed E-state index contributed by atoms with van der Waals surface area (Å²) in [6, 6.07) is 6.67. The van der Waals surface area contributed by atoms with Gasteiger partial charge in [0.2, 0.25) is 0 Å². The Morgan fingerprint density at radius 2 is 2.16 bits per heavy atom. The van der Waals surface area contributed by atoms with Gasteiger partial charge < -0.3 is 11.1 Å². The van der Waals surface area contributed by atoms with Crippen LogP contribution in [0.25, 0.3) is 0 Å². The molecular formula is C13H11BrFN3O. The van der Waals surface area contributed by atoms with E-state index >= 15 is 0 Å². The first-order valence-electron chi connectivity index (χ1n) is 5.46. The number of hydrogen-bond acceptors (Lipinski definition) is 3. The van der Waals surface area contributed by atoms with Crippen molar-refractivity contribution in [3.63, 3.8) is 0 Å². The van der Waals surface area contributed by atoms with E-state index in [1.54, 1.807) is 12.1 Å². The quantitative estimate of drug-likeness (QED) is 0.892. The second-order valence-electron chi connectivity index (χ2n) is 3.97. The second-order valence-corrected chi connectivity index (χ2v) is 4.89. The molecule has 0 aliphatic heterocycles. The summed E-state index contributed by atoms with van der Waals surface area (Å²) in [5.41, 5.74) is 6.68. The molecule has 0 atom stereocenters. The van der Waals surface area contributed by atoms with Crippen molar-refractivity contribution in [3.8, 4) is 0 Å². The topological polar surface area (TPSA) is 68.0 Å². The molecule has 0 spiro atoms. The monoisotopic (exact) mass is 323 g/mol. The van der Waals surface area contributed by atoms with Crippen molar-refractivity contribution in [2.45, 2.75) is 6.92 Å². The van der Waals surface area contributed by atoms with E-state index in [1.165, 1.54) is 12.3 Å². The molecule has 0 aliphatic carbocycles. The van der Waals surface area contributed by atoms with Crippen LogP contribution in [-0.4, -0.2) is 10.9 Å². The Balaban J connectivity index is 2.28. The number of rotatable bonds is 2. The zero-order valence-corrected chi connectivity index (χ0v) is 11.7. The molecular weight excluding hydrogens is 313 g/mol. The summed E-state index contributed by atoms with van der Waals surface area (Å²) < 4.78 is 14.6. The molecule has 1 heterocycles. The summed E-state index contributed by atoms with van der Waals surface area (Å²) in [7, 11) is 0. The van der Waals surface area contributed by atoms with Gasteiger partial charge in [0.25, 0.3) is 5.91 Å². The summed E-state index contributed by atoms with van der Waals surface area (Å²) in [6.07, 6.45) is 1.29. The average molecular weight is 324 g/mol. The lowest BCUT2D eigenvalue weighted by Gasteiger charge is -2.09. The Kier molecular flexibility index (Phi) is 3.80. The fourth-order valence-corrected chi connectivity index (χ4v) is 2.07. The molecule has 0 bridgehead atoms. The van der Waals surface area contributed by atoms with Gasteiger partial charge in [0.1, 0.15) is 0 Å². The van der Waals surface area contributed by atoms with E-state index in [4.69, 9.17) is 5.73 Å². The minimum absolute atomic E-state index is 0.130. The zero-order chi connectivity index (χ0) is 14.0. The minimum atomic E-state index is -0.810. The molecule has 0 unspecified atom stereocenters. The van der Waals surface area contributed by atoms with Gasteiger partial charge in [-0.25, -0.2) is 9.37 Å². The third kappa shape index (κ3) is 2.90. The number of nitrogens with one attached hydrogen (secondary N) is 1. The molecule has 2 aromatic rings. The molecule has 4 nitrogen and oxygen atoms in total. The fraction of sp³-hybridized carbons (Fsp3) is 0.0769. The van der Waals surface area contributed by atoms with E-state index in [0.29, 0.717) is 5.69 Å². The van der Waals surface area contributed by atoms with Gasteiger partial charge in [-0.1, -0.05) is 15.9 Å². The fourth-order valence-electron chi connectivity index (χ4n) is 1.59. The first-order chi connectivity index (χ1) is 8.99. The number of anilines is 2.